The van der Waals surface area contributed by atoms with Gasteiger partial charge in [0.2, 0.25) is 27.6 Å². The number of fused-ring (bicyclic) bond motifs is 1. The average Bonchev–Trinajstić information content (AvgIpc) is 3.57. The fourth-order valence-electron chi connectivity index (χ4n) is 7.57. The number of Topliss-reactive ketones (excluding diaryl/α,β-unsaturated/α-hetero) is 1. The van der Waals surface area contributed by atoms with E-state index in [0.717, 1.165) is 51.2 Å². The first kappa shape index (κ1) is 38.7. The minimum absolute atomic E-state index is 0.0845. The van der Waals surface area contributed by atoms with E-state index in [2.05, 4.69) is 15.0 Å². The number of carbonyl (C=O) groups excluding carboxylic acids is 4. The molecule has 15 heteroatoms. The van der Waals surface area contributed by atoms with Gasteiger partial charge in [0.05, 0.1) is 18.8 Å². The van der Waals surface area contributed by atoms with Crippen molar-refractivity contribution in [1.29, 1.82) is 0 Å². The molecule has 1 aromatic carbocycles. The minimum Gasteiger partial charge on any atom is -0.444 e. The van der Waals surface area contributed by atoms with Crippen molar-refractivity contribution >= 4 is 44.8 Å². The molecule has 1 saturated carbocycles. The fraction of sp³-hybridized carbons (Fsp3) is 0.694. The van der Waals surface area contributed by atoms with E-state index in [1.807, 2.05) is 0 Å². The zero-order valence-corrected chi connectivity index (χ0v) is 30.5. The van der Waals surface area contributed by atoms with E-state index < -0.39 is 57.9 Å². The largest absolute Gasteiger partial charge is 0.444 e. The molecule has 1 aliphatic carbocycles. The number of sulfonamides is 1. The zero-order chi connectivity index (χ0) is 36.4. The van der Waals surface area contributed by atoms with Crippen LogP contribution in [0.2, 0.25) is 0 Å². The van der Waals surface area contributed by atoms with Crippen LogP contribution in [-0.2, 0) is 24.3 Å². The Morgan fingerprint density at radius 1 is 0.961 bits per heavy atom. The molecule has 1 aromatic heterocycles. The highest BCUT2D eigenvalue weighted by molar-refractivity contribution is 7.88. The first-order valence-corrected chi connectivity index (χ1v) is 20.5. The summed E-state index contributed by atoms with van der Waals surface area (Å²) in [5.74, 6) is -1.35. The third-order valence-corrected chi connectivity index (χ3v) is 11.0. The fourth-order valence-corrected chi connectivity index (χ4v) is 8.30. The Morgan fingerprint density at radius 3 is 2.39 bits per heavy atom. The van der Waals surface area contributed by atoms with Gasteiger partial charge in [-0.15, -0.1) is 0 Å². The van der Waals surface area contributed by atoms with Crippen LogP contribution in [0.5, 0.6) is 0 Å². The predicted octanol–water partition coefficient (Wildman–Crippen LogP) is 3.88. The SMILES string of the molecule is CS(=O)(=O)N[C@H](CCC1CCCCC1)C(=O)N1C[C@H](OC(=O)N2CCCCC2)CC[C@H]1C(=O)N[C@@H](CCCCN)C(=O)c1nc2ccccc2o1. The lowest BCUT2D eigenvalue weighted by Gasteiger charge is -2.41. The highest BCUT2D eigenvalue weighted by Gasteiger charge is 2.42. The molecule has 0 spiro atoms. The van der Waals surface area contributed by atoms with Gasteiger partial charge in [0, 0.05) is 13.1 Å². The number of nitrogens with one attached hydrogen (secondary N) is 2. The lowest BCUT2D eigenvalue weighted by Crippen LogP contribution is -2.61. The third kappa shape index (κ3) is 11.0. The van der Waals surface area contributed by atoms with Crippen molar-refractivity contribution < 1.29 is 36.7 Å². The molecule has 4 atom stereocenters. The van der Waals surface area contributed by atoms with Crippen LogP contribution in [0.3, 0.4) is 0 Å². The molecule has 0 unspecified atom stereocenters. The smallest absolute Gasteiger partial charge is 0.410 e. The molecule has 282 valence electrons. The highest BCUT2D eigenvalue weighted by Crippen LogP contribution is 2.29. The quantitative estimate of drug-likeness (QED) is 0.179. The summed E-state index contributed by atoms with van der Waals surface area (Å²) in [6, 6.07) is 3.86. The van der Waals surface area contributed by atoms with E-state index in [1.165, 1.54) is 11.3 Å². The van der Waals surface area contributed by atoms with Crippen LogP contribution in [0.15, 0.2) is 28.7 Å². The zero-order valence-electron chi connectivity index (χ0n) is 29.7. The van der Waals surface area contributed by atoms with Gasteiger partial charge in [-0.3, -0.25) is 14.4 Å². The number of likely N-dealkylation sites (tertiary alicyclic amines) is 2. The van der Waals surface area contributed by atoms with Crippen LogP contribution in [0.4, 0.5) is 4.79 Å². The average molecular weight is 731 g/mol. The number of hydrogen-bond acceptors (Lipinski definition) is 10. The molecule has 2 saturated heterocycles. The van der Waals surface area contributed by atoms with Gasteiger partial charge in [-0.05, 0) is 88.8 Å². The maximum absolute atomic E-state index is 14.4. The number of unbranched alkanes of at least 4 members (excludes halogenated alkanes) is 1. The molecular formula is C36H54N6O8S. The Labute approximate surface area is 300 Å². The second-order valence-corrected chi connectivity index (χ2v) is 16.1. The molecule has 2 aromatic rings. The van der Waals surface area contributed by atoms with Crippen molar-refractivity contribution in [2.24, 2.45) is 11.7 Å². The summed E-state index contributed by atoms with van der Waals surface area (Å²) in [6.07, 6.45) is 11.0. The van der Waals surface area contributed by atoms with Crippen molar-refractivity contribution in [3.05, 3.63) is 30.2 Å². The summed E-state index contributed by atoms with van der Waals surface area (Å²) in [6.45, 7) is 1.52. The lowest BCUT2D eigenvalue weighted by atomic mass is 9.85. The van der Waals surface area contributed by atoms with Gasteiger partial charge in [-0.25, -0.2) is 22.9 Å². The number of ketones is 1. The van der Waals surface area contributed by atoms with Crippen molar-refractivity contribution in [1.82, 2.24) is 24.8 Å². The summed E-state index contributed by atoms with van der Waals surface area (Å²) in [4.78, 5) is 62.7. The van der Waals surface area contributed by atoms with Crippen molar-refractivity contribution in [2.75, 3.05) is 32.4 Å². The summed E-state index contributed by atoms with van der Waals surface area (Å²) in [5.41, 5.74) is 6.68. The monoisotopic (exact) mass is 730 g/mol. The number of aromatic nitrogens is 1. The predicted molar refractivity (Wildman–Crippen MR) is 191 cm³/mol. The first-order chi connectivity index (χ1) is 24.5. The van der Waals surface area contributed by atoms with Gasteiger partial charge < -0.3 is 30.0 Å². The number of piperidine rings is 2. The van der Waals surface area contributed by atoms with E-state index >= 15 is 0 Å². The number of nitrogens with two attached hydrogens (primary N) is 1. The topological polar surface area (TPSA) is 194 Å². The molecule has 3 amide bonds. The second kappa shape index (κ2) is 18.3. The summed E-state index contributed by atoms with van der Waals surface area (Å²) in [5, 5.41) is 2.87. The van der Waals surface area contributed by atoms with Crippen LogP contribution in [0.1, 0.15) is 107 Å². The maximum Gasteiger partial charge on any atom is 0.410 e. The van der Waals surface area contributed by atoms with Gasteiger partial charge >= 0.3 is 6.09 Å². The van der Waals surface area contributed by atoms with Gasteiger partial charge in [-0.1, -0.05) is 44.2 Å². The Morgan fingerprint density at radius 2 is 1.69 bits per heavy atom. The number of para-hydroxylation sites is 2. The molecule has 0 radical (unpaired) electrons. The van der Waals surface area contributed by atoms with Gasteiger partial charge in [0.1, 0.15) is 23.7 Å². The number of oxazole rings is 1. The second-order valence-electron chi connectivity index (χ2n) is 14.4. The molecule has 3 fully saturated rings. The number of amides is 3. The number of hydrogen-bond donors (Lipinski definition) is 3. The number of rotatable bonds is 15. The van der Waals surface area contributed by atoms with Crippen molar-refractivity contribution in [3.8, 4) is 0 Å². The normalized spacial score (nSPS) is 21.6. The third-order valence-electron chi connectivity index (χ3n) is 10.3. The molecule has 4 N–H and O–H groups in total. The van der Waals surface area contributed by atoms with Crippen molar-refractivity contribution in [2.45, 2.75) is 121 Å². The standard InChI is InChI=1S/C36H54N6O8S/c1-51(47,48)40-29(19-17-25-12-4-2-5-13-25)35(45)42-24-26(49-36(46)41-22-10-3-11-23-41)18-20-30(42)33(44)38-28(15-8-9-21-37)32(43)34-39-27-14-6-7-16-31(27)50-34/h6-7,14,16,25-26,28-30,40H,2-5,8-13,15,17-24,37H2,1H3,(H,38,44)/t26-,28+,29-,30+/m1/s1. The highest BCUT2D eigenvalue weighted by atomic mass is 32.2. The molecule has 3 aliphatic rings. The Hall–Kier alpha value is -3.56. The lowest BCUT2D eigenvalue weighted by molar-refractivity contribution is -0.147. The summed E-state index contributed by atoms with van der Waals surface area (Å²) >= 11 is 0. The minimum atomic E-state index is -3.79. The van der Waals surface area contributed by atoms with Crippen LogP contribution in [0, 0.1) is 5.92 Å². The Balaban J connectivity index is 1.37. The number of benzene rings is 1. The van der Waals surface area contributed by atoms with Crippen LogP contribution >= 0.6 is 0 Å². The van der Waals surface area contributed by atoms with Gasteiger partial charge in [0.25, 0.3) is 5.89 Å². The number of ether oxygens (including phenoxy) is 1. The van der Waals surface area contributed by atoms with E-state index in [-0.39, 0.29) is 31.7 Å². The van der Waals surface area contributed by atoms with Gasteiger partial charge in [0.15, 0.2) is 5.58 Å². The summed E-state index contributed by atoms with van der Waals surface area (Å²) < 4.78 is 39.2. The molecule has 5 rings (SSSR count). The van der Waals surface area contributed by atoms with Crippen LogP contribution in [-0.4, -0.2) is 104 Å². The Bertz CT molecular complexity index is 1570. The maximum atomic E-state index is 14.4. The van der Waals surface area contributed by atoms with Crippen molar-refractivity contribution in [3.63, 3.8) is 0 Å². The first-order valence-electron chi connectivity index (χ1n) is 18.7. The van der Waals surface area contributed by atoms with Crippen LogP contribution < -0.4 is 15.8 Å². The molecule has 2 aliphatic heterocycles. The van der Waals surface area contributed by atoms with Gasteiger partial charge in [-0.2, -0.15) is 0 Å². The molecule has 3 heterocycles. The van der Waals surface area contributed by atoms with Crippen LogP contribution in [0.25, 0.3) is 11.1 Å². The summed E-state index contributed by atoms with van der Waals surface area (Å²) in [7, 11) is -3.79. The Kier molecular flexibility index (Phi) is 13.9. The molecule has 0 bridgehead atoms. The molecule has 51 heavy (non-hydrogen) atoms. The van der Waals surface area contributed by atoms with E-state index in [4.69, 9.17) is 14.9 Å². The molecule has 14 nitrogen and oxygen atoms in total. The van der Waals surface area contributed by atoms with E-state index in [0.29, 0.717) is 62.3 Å². The van der Waals surface area contributed by atoms with E-state index in [9.17, 15) is 27.6 Å². The number of nitrogens with zero attached hydrogens (tertiary/aromatic N) is 3. The van der Waals surface area contributed by atoms with E-state index in [1.54, 1.807) is 29.2 Å². The number of carbonyl (C=O) groups is 4. The molecular weight excluding hydrogens is 676 g/mol.